The summed E-state index contributed by atoms with van der Waals surface area (Å²) in [6.45, 7) is 5.79. The average Bonchev–Trinajstić information content (AvgIpc) is 2.76. The zero-order valence-electron chi connectivity index (χ0n) is 14.4. The number of hydrogen-bond donors (Lipinski definition) is 0. The predicted octanol–water partition coefficient (Wildman–Crippen LogP) is 4.72. The van der Waals surface area contributed by atoms with Gasteiger partial charge in [-0.3, -0.25) is 4.90 Å². The Morgan fingerprint density at radius 1 is 1.17 bits per heavy atom. The van der Waals surface area contributed by atoms with Crippen LogP contribution in [-0.2, 0) is 11.2 Å². The van der Waals surface area contributed by atoms with E-state index in [1.807, 2.05) is 25.7 Å². The van der Waals surface area contributed by atoms with Crippen LogP contribution in [0.1, 0.15) is 52.0 Å². The Kier molecular flexibility index (Phi) is 4.47. The number of aryl methyl sites for hydroxylation is 1. The highest BCUT2D eigenvalue weighted by Crippen LogP contribution is 2.37. The fourth-order valence-electron chi connectivity index (χ4n) is 3.65. The van der Waals surface area contributed by atoms with E-state index in [-0.39, 0.29) is 12.1 Å². The molecule has 2 bridgehead atoms. The second kappa shape index (κ2) is 6.38. The molecule has 1 aromatic carbocycles. The molecule has 0 N–H and O–H groups in total. The molecule has 124 valence electrons. The van der Waals surface area contributed by atoms with Crippen molar-refractivity contribution in [2.24, 2.45) is 0 Å². The molecule has 0 radical (unpaired) electrons. The monoisotopic (exact) mass is 313 g/mol. The number of ether oxygens (including phenoxy) is 1. The van der Waals surface area contributed by atoms with Crippen molar-refractivity contribution in [1.82, 2.24) is 4.90 Å². The van der Waals surface area contributed by atoms with Gasteiger partial charge in [0, 0.05) is 6.04 Å². The lowest BCUT2D eigenvalue weighted by molar-refractivity contribution is 0.0166. The molecule has 0 spiro atoms. The van der Waals surface area contributed by atoms with Gasteiger partial charge in [0.05, 0.1) is 6.04 Å². The van der Waals surface area contributed by atoms with Gasteiger partial charge >= 0.3 is 6.09 Å². The molecule has 23 heavy (non-hydrogen) atoms. The molecular weight excluding hydrogens is 286 g/mol. The summed E-state index contributed by atoms with van der Waals surface area (Å²) in [4.78, 5) is 14.4. The summed E-state index contributed by atoms with van der Waals surface area (Å²) in [5.74, 6) is 0. The van der Waals surface area contributed by atoms with Crippen LogP contribution in [0.25, 0.3) is 0 Å². The first kappa shape index (κ1) is 16.1. The van der Waals surface area contributed by atoms with Crippen molar-refractivity contribution in [2.75, 3.05) is 0 Å². The van der Waals surface area contributed by atoms with Crippen molar-refractivity contribution < 1.29 is 9.53 Å². The van der Waals surface area contributed by atoms with Crippen LogP contribution in [0.3, 0.4) is 0 Å². The lowest BCUT2D eigenvalue weighted by Gasteiger charge is -2.35. The molecular formula is C20H27NO2. The van der Waals surface area contributed by atoms with Crippen LogP contribution in [0.15, 0.2) is 42.0 Å². The second-order valence-corrected chi connectivity index (χ2v) is 7.70. The first-order valence-electron chi connectivity index (χ1n) is 8.67. The van der Waals surface area contributed by atoms with Gasteiger partial charge in [0.15, 0.2) is 0 Å². The molecule has 0 saturated carbocycles. The minimum Gasteiger partial charge on any atom is -0.444 e. The minimum absolute atomic E-state index is 0.150. The molecule has 2 aliphatic rings. The predicted molar refractivity (Wildman–Crippen MR) is 92.3 cm³/mol. The van der Waals surface area contributed by atoms with Crippen LogP contribution in [0.2, 0.25) is 0 Å². The summed E-state index contributed by atoms with van der Waals surface area (Å²) in [5.41, 5.74) is 2.46. The Labute approximate surface area is 139 Å². The topological polar surface area (TPSA) is 29.5 Å². The van der Waals surface area contributed by atoms with Crippen LogP contribution < -0.4 is 0 Å². The number of hydrogen-bond acceptors (Lipinski definition) is 2. The Balaban J connectivity index is 1.62. The van der Waals surface area contributed by atoms with Gasteiger partial charge in [-0.15, -0.1) is 0 Å². The Morgan fingerprint density at radius 2 is 1.91 bits per heavy atom. The molecule has 3 rings (SSSR count). The van der Waals surface area contributed by atoms with E-state index in [1.54, 1.807) is 0 Å². The summed E-state index contributed by atoms with van der Waals surface area (Å²) in [7, 11) is 0. The van der Waals surface area contributed by atoms with Crippen LogP contribution >= 0.6 is 0 Å². The van der Waals surface area contributed by atoms with Gasteiger partial charge in [-0.25, -0.2) is 4.79 Å². The molecule has 3 nitrogen and oxygen atoms in total. The van der Waals surface area contributed by atoms with Crippen LogP contribution in [0.4, 0.5) is 4.79 Å². The van der Waals surface area contributed by atoms with E-state index < -0.39 is 5.60 Å². The van der Waals surface area contributed by atoms with E-state index in [0.717, 1.165) is 32.1 Å². The van der Waals surface area contributed by atoms with Crippen molar-refractivity contribution in [2.45, 2.75) is 70.6 Å². The van der Waals surface area contributed by atoms with Crippen molar-refractivity contribution >= 4 is 6.09 Å². The zero-order valence-corrected chi connectivity index (χ0v) is 14.4. The number of benzene rings is 1. The number of fused-ring (bicyclic) bond motifs is 2. The van der Waals surface area contributed by atoms with Crippen LogP contribution in [0, 0.1) is 0 Å². The summed E-state index contributed by atoms with van der Waals surface area (Å²) in [5, 5.41) is 0. The van der Waals surface area contributed by atoms with E-state index >= 15 is 0 Å². The molecule has 3 heteroatoms. The standard InChI is InChI=1S/C20H27NO2/c1-20(2,3)23-19(22)21-17-11-12-18(21)14-16(13-17)10-9-15-7-5-4-6-8-15/h4-8,13,17-18H,9-12,14H2,1-3H3. The number of amides is 1. The highest BCUT2D eigenvalue weighted by molar-refractivity contribution is 5.70. The van der Waals surface area contributed by atoms with Gasteiger partial charge in [0.1, 0.15) is 5.60 Å². The third-order valence-corrected chi connectivity index (χ3v) is 4.65. The van der Waals surface area contributed by atoms with Crippen molar-refractivity contribution in [3.8, 4) is 0 Å². The maximum atomic E-state index is 12.4. The third kappa shape index (κ3) is 3.95. The normalized spacial score (nSPS) is 23.6. The fraction of sp³-hybridized carbons (Fsp3) is 0.550. The molecule has 1 fully saturated rings. The van der Waals surface area contributed by atoms with Crippen LogP contribution in [-0.4, -0.2) is 28.7 Å². The lowest BCUT2D eigenvalue weighted by atomic mass is 9.95. The summed E-state index contributed by atoms with van der Waals surface area (Å²) in [6.07, 6.45) is 7.51. The summed E-state index contributed by atoms with van der Waals surface area (Å²) in [6, 6.07) is 11.2. The lowest BCUT2D eigenvalue weighted by Crippen LogP contribution is -2.45. The van der Waals surface area contributed by atoms with Gasteiger partial charge in [-0.05, 0) is 58.4 Å². The highest BCUT2D eigenvalue weighted by atomic mass is 16.6. The minimum atomic E-state index is -0.423. The zero-order chi connectivity index (χ0) is 16.4. The van der Waals surface area contributed by atoms with Crippen molar-refractivity contribution in [1.29, 1.82) is 0 Å². The quantitative estimate of drug-likeness (QED) is 0.756. The molecule has 1 aromatic rings. The smallest absolute Gasteiger partial charge is 0.411 e. The number of nitrogens with zero attached hydrogens (tertiary/aromatic N) is 1. The molecule has 2 unspecified atom stereocenters. The first-order valence-corrected chi connectivity index (χ1v) is 8.67. The summed E-state index contributed by atoms with van der Waals surface area (Å²) >= 11 is 0. The van der Waals surface area contributed by atoms with E-state index in [4.69, 9.17) is 4.74 Å². The number of carbonyl (C=O) groups excluding carboxylic acids is 1. The Hall–Kier alpha value is -1.77. The van der Waals surface area contributed by atoms with Gasteiger partial charge in [-0.2, -0.15) is 0 Å². The molecule has 1 saturated heterocycles. The van der Waals surface area contributed by atoms with Gasteiger partial charge in [0.2, 0.25) is 0 Å². The molecule has 0 aliphatic carbocycles. The van der Waals surface area contributed by atoms with Gasteiger partial charge in [0.25, 0.3) is 0 Å². The van der Waals surface area contributed by atoms with E-state index in [9.17, 15) is 4.79 Å². The highest BCUT2D eigenvalue weighted by Gasteiger charge is 2.41. The van der Waals surface area contributed by atoms with Crippen LogP contribution in [0.5, 0.6) is 0 Å². The van der Waals surface area contributed by atoms with Crippen molar-refractivity contribution in [3.05, 3.63) is 47.5 Å². The van der Waals surface area contributed by atoms with E-state index in [1.165, 1.54) is 11.1 Å². The molecule has 1 amide bonds. The van der Waals surface area contributed by atoms with Gasteiger partial charge < -0.3 is 4.74 Å². The second-order valence-electron chi connectivity index (χ2n) is 7.70. The largest absolute Gasteiger partial charge is 0.444 e. The Morgan fingerprint density at radius 3 is 2.57 bits per heavy atom. The molecule has 2 heterocycles. The molecule has 0 aromatic heterocycles. The first-order chi connectivity index (χ1) is 10.9. The summed E-state index contributed by atoms with van der Waals surface area (Å²) < 4.78 is 5.58. The average molecular weight is 313 g/mol. The number of carbonyl (C=O) groups is 1. The van der Waals surface area contributed by atoms with E-state index in [2.05, 4.69) is 36.4 Å². The van der Waals surface area contributed by atoms with E-state index in [0.29, 0.717) is 6.04 Å². The molecule has 2 atom stereocenters. The fourth-order valence-corrected chi connectivity index (χ4v) is 3.65. The maximum absolute atomic E-state index is 12.4. The SMILES string of the molecule is CC(C)(C)OC(=O)N1C2C=C(CCc3ccccc3)CC1CC2. The Bertz CT molecular complexity index is 585. The van der Waals surface area contributed by atoms with Gasteiger partial charge in [-0.1, -0.05) is 42.0 Å². The van der Waals surface area contributed by atoms with Crippen molar-refractivity contribution in [3.63, 3.8) is 0 Å². The molecule has 2 aliphatic heterocycles. The third-order valence-electron chi connectivity index (χ3n) is 4.65. The maximum Gasteiger partial charge on any atom is 0.411 e. The number of rotatable bonds is 3.